The van der Waals surface area contributed by atoms with E-state index in [1.807, 2.05) is 18.2 Å². The quantitative estimate of drug-likeness (QED) is 0.881. The zero-order chi connectivity index (χ0) is 16.9. The fourth-order valence-corrected chi connectivity index (χ4v) is 3.56. The molecule has 2 aliphatic rings. The average molecular weight is 332 g/mol. The molecule has 2 atom stereocenters. The van der Waals surface area contributed by atoms with Gasteiger partial charge >= 0.3 is 5.97 Å². The van der Waals surface area contributed by atoms with Gasteiger partial charge in [-0.15, -0.1) is 0 Å². The molecule has 2 aliphatic heterocycles. The minimum Gasteiger partial charge on any atom is -0.481 e. The molecule has 2 unspecified atom stereocenters. The van der Waals surface area contributed by atoms with Gasteiger partial charge in [-0.05, 0) is 24.9 Å². The summed E-state index contributed by atoms with van der Waals surface area (Å²) in [4.78, 5) is 27.8. The number of morpholine rings is 1. The second-order valence-electron chi connectivity index (χ2n) is 6.49. The Hall–Kier alpha value is -1.92. The summed E-state index contributed by atoms with van der Waals surface area (Å²) in [6, 6.07) is 10.1. The van der Waals surface area contributed by atoms with E-state index in [9.17, 15) is 9.59 Å². The molecule has 3 rings (SSSR count). The van der Waals surface area contributed by atoms with Crippen LogP contribution in [-0.2, 0) is 20.9 Å². The van der Waals surface area contributed by atoms with Gasteiger partial charge in [0.25, 0.3) is 0 Å². The number of nitrogens with zero attached hydrogens (tertiary/aromatic N) is 2. The van der Waals surface area contributed by atoms with Crippen molar-refractivity contribution >= 4 is 11.9 Å². The van der Waals surface area contributed by atoms with Crippen LogP contribution in [0.4, 0.5) is 0 Å². The number of aliphatic carboxylic acids is 1. The smallest absolute Gasteiger partial charge is 0.306 e. The molecule has 0 bridgehead atoms. The molecule has 2 heterocycles. The van der Waals surface area contributed by atoms with Gasteiger partial charge in [-0.2, -0.15) is 0 Å². The highest BCUT2D eigenvalue weighted by molar-refractivity contribution is 5.82. The second kappa shape index (κ2) is 7.77. The van der Waals surface area contributed by atoms with Gasteiger partial charge in [0.15, 0.2) is 0 Å². The van der Waals surface area contributed by atoms with Crippen LogP contribution in [0, 0.1) is 0 Å². The molecule has 2 saturated heterocycles. The highest BCUT2D eigenvalue weighted by Crippen LogP contribution is 2.23. The van der Waals surface area contributed by atoms with E-state index in [0.717, 1.165) is 25.9 Å². The molecular weight excluding hydrogens is 308 g/mol. The maximum absolute atomic E-state index is 12.9. The molecular formula is C18H24N2O4. The fraction of sp³-hybridized carbons (Fsp3) is 0.556. The molecule has 0 saturated carbocycles. The molecule has 130 valence electrons. The second-order valence-corrected chi connectivity index (χ2v) is 6.49. The summed E-state index contributed by atoms with van der Waals surface area (Å²) >= 11 is 0. The Morgan fingerprint density at radius 1 is 1.21 bits per heavy atom. The third-order valence-corrected chi connectivity index (χ3v) is 4.73. The number of carboxylic acid groups (broad SMARTS) is 1. The van der Waals surface area contributed by atoms with Crippen LogP contribution < -0.4 is 0 Å². The standard InChI is InChI=1S/C18H24N2O4/c21-17(22)11-15-13-20(9-10-24-15)18(23)16-7-4-8-19(16)12-14-5-2-1-3-6-14/h1-3,5-6,15-16H,4,7-13H2,(H,21,22). The third kappa shape index (κ3) is 4.13. The predicted octanol–water partition coefficient (Wildman–Crippen LogP) is 1.35. The number of amides is 1. The topological polar surface area (TPSA) is 70.1 Å². The maximum Gasteiger partial charge on any atom is 0.306 e. The summed E-state index contributed by atoms with van der Waals surface area (Å²) in [6.07, 6.45) is 1.44. The van der Waals surface area contributed by atoms with Crippen molar-refractivity contribution in [1.29, 1.82) is 0 Å². The number of carbonyl (C=O) groups excluding carboxylic acids is 1. The lowest BCUT2D eigenvalue weighted by Gasteiger charge is -2.35. The Bertz CT molecular complexity index is 578. The Balaban J connectivity index is 1.61. The highest BCUT2D eigenvalue weighted by Gasteiger charge is 2.35. The number of likely N-dealkylation sites (tertiary alicyclic amines) is 1. The van der Waals surface area contributed by atoms with E-state index in [-0.39, 0.29) is 18.4 Å². The number of hydrogen-bond acceptors (Lipinski definition) is 4. The Labute approximate surface area is 142 Å². The Kier molecular flexibility index (Phi) is 5.48. The number of carboxylic acids is 1. The van der Waals surface area contributed by atoms with Gasteiger partial charge in [-0.25, -0.2) is 0 Å². The minimum atomic E-state index is -0.888. The summed E-state index contributed by atoms with van der Waals surface area (Å²) in [5.74, 6) is -0.775. The molecule has 24 heavy (non-hydrogen) atoms. The van der Waals surface area contributed by atoms with Gasteiger partial charge in [-0.3, -0.25) is 14.5 Å². The summed E-state index contributed by atoms with van der Waals surface area (Å²) in [6.45, 7) is 3.04. The first-order valence-electron chi connectivity index (χ1n) is 8.53. The lowest BCUT2D eigenvalue weighted by atomic mass is 10.1. The van der Waals surface area contributed by atoms with Crippen molar-refractivity contribution in [3.05, 3.63) is 35.9 Å². The number of rotatable bonds is 5. The minimum absolute atomic E-state index is 0.0534. The monoisotopic (exact) mass is 332 g/mol. The van der Waals surface area contributed by atoms with Crippen LogP contribution in [0.1, 0.15) is 24.8 Å². The first-order valence-corrected chi connectivity index (χ1v) is 8.53. The van der Waals surface area contributed by atoms with Gasteiger partial charge in [0.1, 0.15) is 0 Å². The summed E-state index contributed by atoms with van der Waals surface area (Å²) < 4.78 is 5.47. The normalized spacial score (nSPS) is 24.9. The number of ether oxygens (including phenoxy) is 1. The van der Waals surface area contributed by atoms with Crippen molar-refractivity contribution < 1.29 is 19.4 Å². The number of carbonyl (C=O) groups is 2. The Morgan fingerprint density at radius 3 is 2.75 bits per heavy atom. The SMILES string of the molecule is O=C(O)CC1CN(C(=O)C2CCCN2Cc2ccccc2)CCO1. The summed E-state index contributed by atoms with van der Waals surface area (Å²) in [5.41, 5.74) is 1.21. The van der Waals surface area contributed by atoms with Crippen molar-refractivity contribution in [1.82, 2.24) is 9.80 Å². The van der Waals surface area contributed by atoms with Crippen LogP contribution in [0.5, 0.6) is 0 Å². The molecule has 0 spiro atoms. The van der Waals surface area contributed by atoms with Crippen LogP contribution >= 0.6 is 0 Å². The van der Waals surface area contributed by atoms with Crippen LogP contribution in [0.15, 0.2) is 30.3 Å². The Morgan fingerprint density at radius 2 is 2.00 bits per heavy atom. The highest BCUT2D eigenvalue weighted by atomic mass is 16.5. The van der Waals surface area contributed by atoms with Gasteiger partial charge in [0.05, 0.1) is 25.2 Å². The van der Waals surface area contributed by atoms with Crippen molar-refractivity contribution in [2.24, 2.45) is 0 Å². The molecule has 6 nitrogen and oxygen atoms in total. The third-order valence-electron chi connectivity index (χ3n) is 4.73. The average Bonchev–Trinajstić information content (AvgIpc) is 3.03. The van der Waals surface area contributed by atoms with Crippen molar-refractivity contribution in [2.45, 2.75) is 38.0 Å². The molecule has 1 aromatic carbocycles. The molecule has 1 amide bonds. The zero-order valence-electron chi connectivity index (χ0n) is 13.8. The molecule has 1 aromatic rings. The van der Waals surface area contributed by atoms with Crippen molar-refractivity contribution in [3.8, 4) is 0 Å². The van der Waals surface area contributed by atoms with E-state index in [1.165, 1.54) is 5.56 Å². The van der Waals surface area contributed by atoms with Crippen LogP contribution in [0.2, 0.25) is 0 Å². The van der Waals surface area contributed by atoms with E-state index in [0.29, 0.717) is 19.7 Å². The van der Waals surface area contributed by atoms with Crippen molar-refractivity contribution in [3.63, 3.8) is 0 Å². The molecule has 6 heteroatoms. The largest absolute Gasteiger partial charge is 0.481 e. The molecule has 0 aromatic heterocycles. The zero-order valence-corrected chi connectivity index (χ0v) is 13.8. The number of benzene rings is 1. The maximum atomic E-state index is 12.9. The van der Waals surface area contributed by atoms with E-state index in [2.05, 4.69) is 17.0 Å². The summed E-state index contributed by atoms with van der Waals surface area (Å²) in [7, 11) is 0. The van der Waals surface area contributed by atoms with E-state index in [1.54, 1.807) is 4.90 Å². The lowest BCUT2D eigenvalue weighted by Crippen LogP contribution is -2.52. The fourth-order valence-electron chi connectivity index (χ4n) is 3.56. The van der Waals surface area contributed by atoms with Gasteiger partial charge in [0.2, 0.25) is 5.91 Å². The van der Waals surface area contributed by atoms with E-state index >= 15 is 0 Å². The number of hydrogen-bond donors (Lipinski definition) is 1. The lowest BCUT2D eigenvalue weighted by molar-refractivity contribution is -0.150. The van der Waals surface area contributed by atoms with Crippen molar-refractivity contribution in [2.75, 3.05) is 26.2 Å². The predicted molar refractivity (Wildman–Crippen MR) is 88.4 cm³/mol. The summed E-state index contributed by atoms with van der Waals surface area (Å²) in [5, 5.41) is 8.92. The van der Waals surface area contributed by atoms with E-state index in [4.69, 9.17) is 9.84 Å². The van der Waals surface area contributed by atoms with Crippen LogP contribution in [-0.4, -0.2) is 65.2 Å². The van der Waals surface area contributed by atoms with Gasteiger partial charge < -0.3 is 14.7 Å². The molecule has 2 fully saturated rings. The first-order chi connectivity index (χ1) is 11.6. The molecule has 0 aliphatic carbocycles. The van der Waals surface area contributed by atoms with E-state index < -0.39 is 12.1 Å². The first kappa shape index (κ1) is 16.9. The van der Waals surface area contributed by atoms with Gasteiger partial charge in [0, 0.05) is 19.6 Å². The molecule has 0 radical (unpaired) electrons. The van der Waals surface area contributed by atoms with Gasteiger partial charge in [-0.1, -0.05) is 30.3 Å². The molecule has 1 N–H and O–H groups in total. The van der Waals surface area contributed by atoms with Crippen LogP contribution in [0.25, 0.3) is 0 Å². The van der Waals surface area contributed by atoms with Crippen LogP contribution in [0.3, 0.4) is 0 Å².